The summed E-state index contributed by atoms with van der Waals surface area (Å²) in [5.41, 5.74) is 2.88. The zero-order valence-corrected chi connectivity index (χ0v) is 12.7. The summed E-state index contributed by atoms with van der Waals surface area (Å²) >= 11 is 0. The quantitative estimate of drug-likeness (QED) is 0.848. The summed E-state index contributed by atoms with van der Waals surface area (Å²) in [6.45, 7) is 2.67. The van der Waals surface area contributed by atoms with Crippen molar-refractivity contribution in [2.24, 2.45) is 0 Å². The summed E-state index contributed by atoms with van der Waals surface area (Å²) in [5, 5.41) is 0. The van der Waals surface area contributed by atoms with E-state index in [0.717, 1.165) is 17.7 Å². The lowest BCUT2D eigenvalue weighted by molar-refractivity contribution is 0.0677. The zero-order valence-electron chi connectivity index (χ0n) is 12.7. The molecule has 1 amide bonds. The van der Waals surface area contributed by atoms with Crippen LogP contribution in [0.4, 0.5) is 4.39 Å². The molecule has 1 heterocycles. The molecule has 0 spiro atoms. The fourth-order valence-corrected chi connectivity index (χ4v) is 2.97. The van der Waals surface area contributed by atoms with Crippen LogP contribution in [-0.4, -0.2) is 24.5 Å². The predicted molar refractivity (Wildman–Crippen MR) is 82.5 cm³/mol. The first kappa shape index (κ1) is 14.6. The molecule has 0 saturated heterocycles. The maximum absolute atomic E-state index is 13.0. The number of nitrogens with zero attached hydrogens (tertiary/aromatic N) is 1. The van der Waals surface area contributed by atoms with Crippen molar-refractivity contribution in [3.63, 3.8) is 0 Å². The van der Waals surface area contributed by atoms with Crippen LogP contribution in [0, 0.1) is 5.82 Å². The largest absolute Gasteiger partial charge is 0.497 e. The highest BCUT2D eigenvalue weighted by Gasteiger charge is 2.28. The van der Waals surface area contributed by atoms with Crippen LogP contribution >= 0.6 is 0 Å². The standard InChI is InChI=1S/C18H18FNO2/c1-12-17-8-7-16(22-2)11-14(17)9-10-20(12)18(21)13-3-5-15(19)6-4-13/h3-8,11-12H,9-10H2,1-2H3. The minimum absolute atomic E-state index is 0.00721. The Morgan fingerprint density at radius 2 is 1.95 bits per heavy atom. The van der Waals surface area contributed by atoms with E-state index in [1.165, 1.54) is 29.8 Å². The third kappa shape index (κ3) is 2.56. The fourth-order valence-electron chi connectivity index (χ4n) is 2.97. The molecule has 1 unspecified atom stereocenters. The lowest BCUT2D eigenvalue weighted by Crippen LogP contribution is -2.38. The Balaban J connectivity index is 1.87. The molecule has 1 aliphatic rings. The molecule has 0 saturated carbocycles. The van der Waals surface area contributed by atoms with E-state index < -0.39 is 0 Å². The van der Waals surface area contributed by atoms with Crippen molar-refractivity contribution < 1.29 is 13.9 Å². The van der Waals surface area contributed by atoms with Crippen molar-refractivity contribution >= 4 is 5.91 Å². The topological polar surface area (TPSA) is 29.5 Å². The van der Waals surface area contributed by atoms with Gasteiger partial charge >= 0.3 is 0 Å². The average molecular weight is 299 g/mol. The maximum Gasteiger partial charge on any atom is 0.254 e. The molecule has 4 heteroatoms. The summed E-state index contributed by atoms with van der Waals surface area (Å²) < 4.78 is 18.3. The molecule has 3 nitrogen and oxygen atoms in total. The van der Waals surface area contributed by atoms with Crippen molar-refractivity contribution in [3.8, 4) is 5.75 Å². The van der Waals surface area contributed by atoms with Crippen molar-refractivity contribution in [2.45, 2.75) is 19.4 Å². The van der Waals surface area contributed by atoms with E-state index in [0.29, 0.717) is 12.1 Å². The number of hydrogen-bond donors (Lipinski definition) is 0. The van der Waals surface area contributed by atoms with Crippen LogP contribution in [0.3, 0.4) is 0 Å². The van der Waals surface area contributed by atoms with E-state index in [2.05, 4.69) is 0 Å². The first-order valence-electron chi connectivity index (χ1n) is 7.33. The molecule has 0 aromatic heterocycles. The van der Waals surface area contributed by atoms with Gasteiger partial charge in [-0.25, -0.2) is 4.39 Å². The Bertz CT molecular complexity index is 697. The molecule has 2 aromatic rings. The molecular formula is C18H18FNO2. The zero-order chi connectivity index (χ0) is 15.7. The van der Waals surface area contributed by atoms with Gasteiger partial charge in [0.05, 0.1) is 13.2 Å². The normalized spacial score (nSPS) is 17.0. The number of hydrogen-bond acceptors (Lipinski definition) is 2. The number of fused-ring (bicyclic) bond motifs is 1. The number of methoxy groups -OCH3 is 1. The number of rotatable bonds is 2. The second-order valence-corrected chi connectivity index (χ2v) is 5.50. The predicted octanol–water partition coefficient (Wildman–Crippen LogP) is 3.59. The molecule has 22 heavy (non-hydrogen) atoms. The number of carbonyl (C=O) groups excluding carboxylic acids is 1. The van der Waals surface area contributed by atoms with Crippen molar-refractivity contribution in [3.05, 3.63) is 65.0 Å². The van der Waals surface area contributed by atoms with E-state index in [9.17, 15) is 9.18 Å². The molecule has 0 bridgehead atoms. The Morgan fingerprint density at radius 1 is 1.23 bits per heavy atom. The second-order valence-electron chi connectivity index (χ2n) is 5.50. The highest BCUT2D eigenvalue weighted by molar-refractivity contribution is 5.94. The van der Waals surface area contributed by atoms with Gasteiger partial charge in [-0.05, 0) is 60.9 Å². The first-order chi connectivity index (χ1) is 10.6. The van der Waals surface area contributed by atoms with E-state index in [1.807, 2.05) is 30.0 Å². The second kappa shape index (κ2) is 5.79. The Kier molecular flexibility index (Phi) is 3.84. The lowest BCUT2D eigenvalue weighted by atomic mass is 9.92. The van der Waals surface area contributed by atoms with Crippen molar-refractivity contribution in [1.82, 2.24) is 4.90 Å². The number of benzene rings is 2. The van der Waals surface area contributed by atoms with E-state index in [4.69, 9.17) is 4.74 Å². The third-order valence-electron chi connectivity index (χ3n) is 4.24. The Hall–Kier alpha value is -2.36. The van der Waals surface area contributed by atoms with Gasteiger partial charge in [-0.3, -0.25) is 4.79 Å². The van der Waals surface area contributed by atoms with Gasteiger partial charge in [-0.15, -0.1) is 0 Å². The lowest BCUT2D eigenvalue weighted by Gasteiger charge is -2.35. The van der Waals surface area contributed by atoms with Gasteiger partial charge in [0, 0.05) is 12.1 Å². The summed E-state index contributed by atoms with van der Waals surface area (Å²) in [5.74, 6) is 0.443. The first-order valence-corrected chi connectivity index (χ1v) is 7.33. The summed E-state index contributed by atoms with van der Waals surface area (Å²) in [6, 6.07) is 11.7. The summed E-state index contributed by atoms with van der Waals surface area (Å²) in [4.78, 5) is 14.5. The number of carbonyl (C=O) groups is 1. The van der Waals surface area contributed by atoms with E-state index in [-0.39, 0.29) is 17.8 Å². The van der Waals surface area contributed by atoms with Gasteiger partial charge in [0.15, 0.2) is 0 Å². The smallest absolute Gasteiger partial charge is 0.254 e. The third-order valence-corrected chi connectivity index (χ3v) is 4.24. The van der Waals surface area contributed by atoms with Crippen LogP contribution in [0.15, 0.2) is 42.5 Å². The molecule has 2 aromatic carbocycles. The van der Waals surface area contributed by atoms with Gasteiger partial charge in [0.2, 0.25) is 0 Å². The van der Waals surface area contributed by atoms with Crippen LogP contribution in [0.5, 0.6) is 5.75 Å². The Morgan fingerprint density at radius 3 is 2.64 bits per heavy atom. The maximum atomic E-state index is 13.0. The van der Waals surface area contributed by atoms with Gasteiger partial charge < -0.3 is 9.64 Å². The van der Waals surface area contributed by atoms with Gasteiger partial charge in [0.1, 0.15) is 11.6 Å². The van der Waals surface area contributed by atoms with Crippen LogP contribution in [-0.2, 0) is 6.42 Å². The van der Waals surface area contributed by atoms with Crippen LogP contribution in [0.25, 0.3) is 0 Å². The number of amides is 1. The fraction of sp³-hybridized carbons (Fsp3) is 0.278. The minimum atomic E-state index is -0.333. The van der Waals surface area contributed by atoms with Crippen molar-refractivity contribution in [1.29, 1.82) is 0 Å². The molecule has 1 atom stereocenters. The molecule has 3 rings (SSSR count). The highest BCUT2D eigenvalue weighted by Crippen LogP contribution is 2.32. The van der Waals surface area contributed by atoms with Crippen molar-refractivity contribution in [2.75, 3.05) is 13.7 Å². The molecule has 114 valence electrons. The molecule has 0 radical (unpaired) electrons. The monoisotopic (exact) mass is 299 g/mol. The van der Waals surface area contributed by atoms with Crippen LogP contribution in [0.2, 0.25) is 0 Å². The summed E-state index contributed by atoms with van der Waals surface area (Å²) in [6.07, 6.45) is 0.795. The average Bonchev–Trinajstić information content (AvgIpc) is 2.55. The molecule has 0 fully saturated rings. The van der Waals surface area contributed by atoms with E-state index >= 15 is 0 Å². The summed E-state index contributed by atoms with van der Waals surface area (Å²) in [7, 11) is 1.65. The van der Waals surface area contributed by atoms with E-state index in [1.54, 1.807) is 7.11 Å². The number of halogens is 1. The molecular weight excluding hydrogens is 281 g/mol. The highest BCUT2D eigenvalue weighted by atomic mass is 19.1. The SMILES string of the molecule is COc1ccc2c(c1)CCN(C(=O)c1ccc(F)cc1)C2C. The van der Waals surface area contributed by atoms with Gasteiger partial charge in [0.25, 0.3) is 5.91 Å². The molecule has 0 aliphatic carbocycles. The number of ether oxygens (including phenoxy) is 1. The van der Waals surface area contributed by atoms with Gasteiger partial charge in [-0.1, -0.05) is 6.07 Å². The van der Waals surface area contributed by atoms with Gasteiger partial charge in [-0.2, -0.15) is 0 Å². The minimum Gasteiger partial charge on any atom is -0.497 e. The molecule has 0 N–H and O–H groups in total. The Labute approximate surface area is 129 Å². The molecule has 1 aliphatic heterocycles. The van der Waals surface area contributed by atoms with Crippen LogP contribution < -0.4 is 4.74 Å². The van der Waals surface area contributed by atoms with Crippen LogP contribution in [0.1, 0.15) is 34.5 Å².